The van der Waals surface area contributed by atoms with Crippen molar-refractivity contribution in [2.45, 2.75) is 33.2 Å². The number of rotatable bonds is 7. The normalized spacial score (nSPS) is 14.2. The zero-order valence-corrected chi connectivity index (χ0v) is 11.4. The van der Waals surface area contributed by atoms with Crippen molar-refractivity contribution in [3.63, 3.8) is 0 Å². The highest BCUT2D eigenvalue weighted by molar-refractivity contribution is 5.85. The summed E-state index contributed by atoms with van der Waals surface area (Å²) in [7, 11) is 3.12. The summed E-state index contributed by atoms with van der Waals surface area (Å²) < 4.78 is 4.68. The van der Waals surface area contributed by atoms with Crippen molar-refractivity contribution in [3.8, 4) is 0 Å². The van der Waals surface area contributed by atoms with Crippen molar-refractivity contribution in [2.24, 2.45) is 11.8 Å². The Balaban J connectivity index is 4.42. The Bertz CT molecular complexity index is 254. The van der Waals surface area contributed by atoms with Gasteiger partial charge in [-0.15, -0.1) is 0 Å². The van der Waals surface area contributed by atoms with Crippen molar-refractivity contribution in [1.82, 2.24) is 10.6 Å². The molecule has 100 valence electrons. The van der Waals surface area contributed by atoms with Gasteiger partial charge in [0.25, 0.3) is 0 Å². The second kappa shape index (κ2) is 8.06. The SMILES string of the molecule is CNCC(C)C(=O)N[C@@H](CC(C)C)C(=O)OC. The van der Waals surface area contributed by atoms with E-state index in [4.69, 9.17) is 0 Å². The molecule has 17 heavy (non-hydrogen) atoms. The highest BCUT2D eigenvalue weighted by atomic mass is 16.5. The van der Waals surface area contributed by atoms with Crippen LogP contribution in [0.3, 0.4) is 0 Å². The number of methoxy groups -OCH3 is 1. The summed E-state index contributed by atoms with van der Waals surface area (Å²) in [5.74, 6) is -0.363. The number of hydrogen-bond acceptors (Lipinski definition) is 4. The van der Waals surface area contributed by atoms with Gasteiger partial charge in [-0.3, -0.25) is 4.79 Å². The molecule has 2 atom stereocenters. The highest BCUT2D eigenvalue weighted by Gasteiger charge is 2.24. The summed E-state index contributed by atoms with van der Waals surface area (Å²) in [6, 6.07) is -0.549. The van der Waals surface area contributed by atoms with Crippen molar-refractivity contribution in [3.05, 3.63) is 0 Å². The van der Waals surface area contributed by atoms with Gasteiger partial charge in [0.2, 0.25) is 5.91 Å². The first-order chi connectivity index (χ1) is 7.92. The van der Waals surface area contributed by atoms with Crippen LogP contribution in [0.4, 0.5) is 0 Å². The first kappa shape index (κ1) is 15.9. The molecule has 0 rings (SSSR count). The molecule has 0 spiro atoms. The molecule has 0 aliphatic carbocycles. The number of nitrogens with one attached hydrogen (secondary N) is 2. The average Bonchev–Trinajstić information content (AvgIpc) is 2.26. The number of hydrogen-bond donors (Lipinski definition) is 2. The van der Waals surface area contributed by atoms with Gasteiger partial charge in [0.15, 0.2) is 0 Å². The molecule has 0 fully saturated rings. The molecule has 2 N–H and O–H groups in total. The van der Waals surface area contributed by atoms with Crippen molar-refractivity contribution < 1.29 is 14.3 Å². The Morgan fingerprint density at radius 1 is 1.24 bits per heavy atom. The van der Waals surface area contributed by atoms with Gasteiger partial charge in [0, 0.05) is 12.5 Å². The third-order valence-electron chi connectivity index (χ3n) is 2.47. The molecule has 0 heterocycles. The van der Waals surface area contributed by atoms with Crippen LogP contribution in [0.5, 0.6) is 0 Å². The van der Waals surface area contributed by atoms with E-state index in [2.05, 4.69) is 15.4 Å². The summed E-state index contributed by atoms with van der Waals surface area (Å²) in [4.78, 5) is 23.3. The minimum Gasteiger partial charge on any atom is -0.467 e. The number of ether oxygens (including phenoxy) is 1. The van der Waals surface area contributed by atoms with E-state index < -0.39 is 6.04 Å². The Morgan fingerprint density at radius 2 is 1.82 bits per heavy atom. The molecule has 0 aliphatic rings. The molecule has 5 nitrogen and oxygen atoms in total. The van der Waals surface area contributed by atoms with E-state index in [1.54, 1.807) is 7.05 Å². The Hall–Kier alpha value is -1.10. The molecule has 0 aromatic carbocycles. The molecule has 0 aromatic heterocycles. The Labute approximate surface area is 103 Å². The number of amides is 1. The minimum absolute atomic E-state index is 0.129. The van der Waals surface area contributed by atoms with Crippen molar-refractivity contribution >= 4 is 11.9 Å². The Morgan fingerprint density at radius 3 is 2.24 bits per heavy atom. The average molecular weight is 244 g/mol. The molecule has 5 heteroatoms. The van der Waals surface area contributed by atoms with E-state index in [-0.39, 0.29) is 17.8 Å². The van der Waals surface area contributed by atoms with E-state index in [9.17, 15) is 9.59 Å². The topological polar surface area (TPSA) is 67.4 Å². The van der Waals surface area contributed by atoms with E-state index >= 15 is 0 Å². The standard InChI is InChI=1S/C12H24N2O3/c1-8(2)6-10(12(16)17-5)14-11(15)9(3)7-13-4/h8-10,13H,6-7H2,1-5H3,(H,14,15)/t9?,10-/m0/s1. The van der Waals surface area contributed by atoms with E-state index in [0.717, 1.165) is 0 Å². The quantitative estimate of drug-likeness (QED) is 0.642. The Kier molecular flexibility index (Phi) is 7.54. The van der Waals surface area contributed by atoms with Crippen LogP contribution in [0.25, 0.3) is 0 Å². The lowest BCUT2D eigenvalue weighted by atomic mass is 10.0. The van der Waals surface area contributed by atoms with Crippen LogP contribution in [0.15, 0.2) is 0 Å². The second-order valence-corrected chi connectivity index (χ2v) is 4.67. The summed E-state index contributed by atoms with van der Waals surface area (Å²) in [5.41, 5.74) is 0. The van der Waals surface area contributed by atoms with Crippen LogP contribution in [-0.2, 0) is 14.3 Å². The van der Waals surface area contributed by atoms with Gasteiger partial charge in [-0.05, 0) is 19.4 Å². The molecule has 1 amide bonds. The lowest BCUT2D eigenvalue weighted by molar-refractivity contribution is -0.146. The van der Waals surface area contributed by atoms with Gasteiger partial charge in [0.05, 0.1) is 7.11 Å². The molecule has 0 saturated carbocycles. The minimum atomic E-state index is -0.549. The molecular formula is C12H24N2O3. The third-order valence-corrected chi connectivity index (χ3v) is 2.47. The van der Waals surface area contributed by atoms with Crippen LogP contribution in [0.2, 0.25) is 0 Å². The summed E-state index contributed by atoms with van der Waals surface area (Å²) >= 11 is 0. The van der Waals surface area contributed by atoms with Gasteiger partial charge in [0.1, 0.15) is 6.04 Å². The zero-order chi connectivity index (χ0) is 13.4. The fourth-order valence-electron chi connectivity index (χ4n) is 1.54. The van der Waals surface area contributed by atoms with Crippen LogP contribution in [0, 0.1) is 11.8 Å². The molecular weight excluding hydrogens is 220 g/mol. The lowest BCUT2D eigenvalue weighted by Crippen LogP contribution is -2.45. The summed E-state index contributed by atoms with van der Waals surface area (Å²) in [6.45, 7) is 6.40. The molecule has 0 aliphatic heterocycles. The van der Waals surface area contributed by atoms with Crippen LogP contribution in [-0.4, -0.2) is 38.6 Å². The number of carbonyl (C=O) groups excluding carboxylic acids is 2. The van der Waals surface area contributed by atoms with Gasteiger partial charge in [-0.2, -0.15) is 0 Å². The molecule has 0 radical (unpaired) electrons. The maximum Gasteiger partial charge on any atom is 0.328 e. The maximum atomic E-state index is 11.8. The van der Waals surface area contributed by atoms with Crippen LogP contribution >= 0.6 is 0 Å². The lowest BCUT2D eigenvalue weighted by Gasteiger charge is -2.20. The second-order valence-electron chi connectivity index (χ2n) is 4.67. The summed E-state index contributed by atoms with van der Waals surface area (Å²) in [6.07, 6.45) is 0.588. The number of esters is 1. The fourth-order valence-corrected chi connectivity index (χ4v) is 1.54. The highest BCUT2D eigenvalue weighted by Crippen LogP contribution is 2.07. The molecule has 0 aromatic rings. The zero-order valence-electron chi connectivity index (χ0n) is 11.4. The first-order valence-corrected chi connectivity index (χ1v) is 5.95. The predicted molar refractivity (Wildman–Crippen MR) is 66.5 cm³/mol. The van der Waals surface area contributed by atoms with Crippen LogP contribution in [0.1, 0.15) is 27.2 Å². The molecule has 0 bridgehead atoms. The molecule has 0 saturated heterocycles. The van der Waals surface area contributed by atoms with E-state index in [1.165, 1.54) is 7.11 Å². The maximum absolute atomic E-state index is 11.8. The largest absolute Gasteiger partial charge is 0.467 e. The third kappa shape index (κ3) is 6.26. The fraction of sp³-hybridized carbons (Fsp3) is 0.833. The van der Waals surface area contributed by atoms with Crippen molar-refractivity contribution in [2.75, 3.05) is 20.7 Å². The van der Waals surface area contributed by atoms with E-state index in [0.29, 0.717) is 18.9 Å². The smallest absolute Gasteiger partial charge is 0.328 e. The van der Waals surface area contributed by atoms with Gasteiger partial charge >= 0.3 is 5.97 Å². The number of carbonyl (C=O) groups is 2. The van der Waals surface area contributed by atoms with Crippen molar-refractivity contribution in [1.29, 1.82) is 0 Å². The summed E-state index contributed by atoms with van der Waals surface area (Å²) in [5, 5.41) is 5.66. The van der Waals surface area contributed by atoms with Gasteiger partial charge < -0.3 is 15.4 Å². The van der Waals surface area contributed by atoms with Gasteiger partial charge in [-0.25, -0.2) is 4.79 Å². The molecule has 1 unspecified atom stereocenters. The predicted octanol–water partition coefficient (Wildman–Crippen LogP) is 0.546. The monoisotopic (exact) mass is 244 g/mol. The first-order valence-electron chi connectivity index (χ1n) is 5.95. The van der Waals surface area contributed by atoms with E-state index in [1.807, 2.05) is 20.8 Å². The van der Waals surface area contributed by atoms with Crippen LogP contribution < -0.4 is 10.6 Å². The van der Waals surface area contributed by atoms with Gasteiger partial charge in [-0.1, -0.05) is 20.8 Å².